The second-order valence-corrected chi connectivity index (χ2v) is 7.51. The molecule has 2 amide bonds. The molecule has 0 aromatic heterocycles. The fourth-order valence-corrected chi connectivity index (χ4v) is 2.53. The average Bonchev–Trinajstić information content (AvgIpc) is 2.61. The molecular weight excluding hydrogens is 356 g/mol. The van der Waals surface area contributed by atoms with Crippen molar-refractivity contribution in [2.75, 3.05) is 5.32 Å². The minimum Gasteiger partial charge on any atom is -0.444 e. The van der Waals surface area contributed by atoms with Crippen molar-refractivity contribution in [3.8, 4) is 0 Å². The molecule has 2 rings (SSSR count). The van der Waals surface area contributed by atoms with Crippen molar-refractivity contribution >= 4 is 23.5 Å². The zero-order chi connectivity index (χ0) is 20.7. The number of carbonyl (C=O) groups is 3. The van der Waals surface area contributed by atoms with Crippen LogP contribution in [0.1, 0.15) is 43.6 Å². The Morgan fingerprint density at radius 1 is 0.964 bits per heavy atom. The molecule has 0 aliphatic heterocycles. The lowest BCUT2D eigenvalue weighted by Crippen LogP contribution is -2.47. The van der Waals surface area contributed by atoms with Crippen LogP contribution in [0.25, 0.3) is 0 Å². The molecule has 148 valence electrons. The first kappa shape index (κ1) is 21.2. The number of benzene rings is 2. The van der Waals surface area contributed by atoms with Gasteiger partial charge in [0, 0.05) is 17.7 Å². The van der Waals surface area contributed by atoms with Crippen molar-refractivity contribution in [2.45, 2.75) is 45.8 Å². The Morgan fingerprint density at radius 2 is 1.57 bits per heavy atom. The summed E-state index contributed by atoms with van der Waals surface area (Å²) in [5.41, 5.74) is 1.34. The third-order valence-electron chi connectivity index (χ3n) is 3.85. The Morgan fingerprint density at radius 3 is 2.11 bits per heavy atom. The lowest BCUT2D eigenvalue weighted by atomic mass is 10.1. The monoisotopic (exact) mass is 382 g/mol. The molecule has 1 atom stereocenters. The summed E-state index contributed by atoms with van der Waals surface area (Å²) in [7, 11) is 0. The number of amides is 2. The molecule has 6 nitrogen and oxygen atoms in total. The van der Waals surface area contributed by atoms with Crippen LogP contribution in [0.5, 0.6) is 0 Å². The van der Waals surface area contributed by atoms with E-state index in [2.05, 4.69) is 10.6 Å². The van der Waals surface area contributed by atoms with Crippen LogP contribution in [0, 0.1) is 0 Å². The van der Waals surface area contributed by atoms with E-state index in [0.29, 0.717) is 17.7 Å². The van der Waals surface area contributed by atoms with Gasteiger partial charge in [0.25, 0.3) is 0 Å². The number of hydrogen-bond acceptors (Lipinski definition) is 4. The van der Waals surface area contributed by atoms with Crippen LogP contribution in [-0.4, -0.2) is 29.4 Å². The minimum atomic E-state index is -0.815. The largest absolute Gasteiger partial charge is 0.444 e. The van der Waals surface area contributed by atoms with Gasteiger partial charge < -0.3 is 15.4 Å². The van der Waals surface area contributed by atoms with Gasteiger partial charge in [-0.2, -0.15) is 0 Å². The summed E-state index contributed by atoms with van der Waals surface area (Å²) in [5.74, 6) is -0.420. The van der Waals surface area contributed by atoms with E-state index in [9.17, 15) is 14.4 Å². The van der Waals surface area contributed by atoms with Gasteiger partial charge in [-0.1, -0.05) is 30.3 Å². The van der Waals surface area contributed by atoms with Crippen molar-refractivity contribution in [1.82, 2.24) is 5.32 Å². The van der Waals surface area contributed by atoms with Crippen molar-refractivity contribution in [1.29, 1.82) is 0 Å². The smallest absolute Gasteiger partial charge is 0.408 e. The SMILES string of the molecule is CC(=O)c1ccc(NC(=O)C(Cc2ccccc2)NC(=O)OC(C)(C)C)cc1. The summed E-state index contributed by atoms with van der Waals surface area (Å²) >= 11 is 0. The molecule has 0 saturated heterocycles. The highest BCUT2D eigenvalue weighted by atomic mass is 16.6. The van der Waals surface area contributed by atoms with Gasteiger partial charge in [0.2, 0.25) is 5.91 Å². The molecule has 1 unspecified atom stereocenters. The van der Waals surface area contributed by atoms with E-state index in [-0.39, 0.29) is 11.7 Å². The molecule has 2 N–H and O–H groups in total. The maximum Gasteiger partial charge on any atom is 0.408 e. The van der Waals surface area contributed by atoms with Crippen LogP contribution in [0.15, 0.2) is 54.6 Å². The van der Waals surface area contributed by atoms with Gasteiger partial charge in [-0.05, 0) is 57.5 Å². The number of ketones is 1. The van der Waals surface area contributed by atoms with E-state index < -0.39 is 17.7 Å². The zero-order valence-corrected chi connectivity index (χ0v) is 16.6. The number of alkyl carbamates (subject to hydrolysis) is 1. The molecular formula is C22H26N2O4. The summed E-state index contributed by atoms with van der Waals surface area (Å²) in [5, 5.41) is 5.42. The van der Waals surface area contributed by atoms with Crippen LogP contribution in [-0.2, 0) is 16.0 Å². The second kappa shape index (κ2) is 9.17. The van der Waals surface area contributed by atoms with Crippen molar-refractivity contribution < 1.29 is 19.1 Å². The molecule has 0 saturated carbocycles. The van der Waals surface area contributed by atoms with Gasteiger partial charge in [-0.3, -0.25) is 9.59 Å². The quantitative estimate of drug-likeness (QED) is 0.741. The average molecular weight is 382 g/mol. The molecule has 0 radical (unpaired) electrons. The first-order valence-electron chi connectivity index (χ1n) is 9.09. The highest BCUT2D eigenvalue weighted by Crippen LogP contribution is 2.13. The molecule has 0 bridgehead atoms. The lowest BCUT2D eigenvalue weighted by Gasteiger charge is -2.23. The number of rotatable bonds is 6. The maximum atomic E-state index is 12.8. The van der Waals surface area contributed by atoms with Crippen molar-refractivity contribution in [3.63, 3.8) is 0 Å². The van der Waals surface area contributed by atoms with Gasteiger partial charge in [0.05, 0.1) is 0 Å². The predicted molar refractivity (Wildman–Crippen MR) is 108 cm³/mol. The number of Topliss-reactive ketones (excluding diaryl/α,β-unsaturated/α-hetero) is 1. The molecule has 2 aromatic rings. The number of anilines is 1. The molecule has 0 aliphatic rings. The molecule has 0 fully saturated rings. The third kappa shape index (κ3) is 6.87. The molecule has 0 heterocycles. The van der Waals surface area contributed by atoms with E-state index in [4.69, 9.17) is 4.74 Å². The Labute approximate surface area is 165 Å². The minimum absolute atomic E-state index is 0.0496. The van der Waals surface area contributed by atoms with Gasteiger partial charge in [-0.15, -0.1) is 0 Å². The van der Waals surface area contributed by atoms with E-state index in [1.807, 2.05) is 30.3 Å². The summed E-state index contributed by atoms with van der Waals surface area (Å²) in [6.45, 7) is 6.76. The fraction of sp³-hybridized carbons (Fsp3) is 0.318. The highest BCUT2D eigenvalue weighted by molar-refractivity contribution is 5.98. The van der Waals surface area contributed by atoms with Gasteiger partial charge in [-0.25, -0.2) is 4.79 Å². The van der Waals surface area contributed by atoms with Crippen LogP contribution in [0.2, 0.25) is 0 Å². The third-order valence-corrected chi connectivity index (χ3v) is 3.85. The zero-order valence-electron chi connectivity index (χ0n) is 16.6. The number of carbonyl (C=O) groups excluding carboxylic acids is 3. The van der Waals surface area contributed by atoms with Crippen LogP contribution in [0.3, 0.4) is 0 Å². The Kier molecular flexibility index (Phi) is 6.93. The van der Waals surface area contributed by atoms with Crippen LogP contribution < -0.4 is 10.6 Å². The molecule has 28 heavy (non-hydrogen) atoms. The number of nitrogens with one attached hydrogen (secondary N) is 2. The topological polar surface area (TPSA) is 84.5 Å². The maximum absolute atomic E-state index is 12.8. The summed E-state index contributed by atoms with van der Waals surface area (Å²) in [6.07, 6.45) is -0.340. The van der Waals surface area contributed by atoms with E-state index in [1.54, 1.807) is 45.0 Å². The Balaban J connectivity index is 2.13. The van der Waals surface area contributed by atoms with Gasteiger partial charge >= 0.3 is 6.09 Å². The predicted octanol–water partition coefficient (Wildman–Crippen LogP) is 3.96. The fourth-order valence-electron chi connectivity index (χ4n) is 2.53. The van der Waals surface area contributed by atoms with E-state index in [1.165, 1.54) is 6.92 Å². The summed E-state index contributed by atoms with van der Waals surface area (Å²) in [4.78, 5) is 36.4. The number of ether oxygens (including phenoxy) is 1. The van der Waals surface area contributed by atoms with Crippen LogP contribution >= 0.6 is 0 Å². The van der Waals surface area contributed by atoms with Crippen LogP contribution in [0.4, 0.5) is 10.5 Å². The highest BCUT2D eigenvalue weighted by Gasteiger charge is 2.25. The first-order valence-corrected chi connectivity index (χ1v) is 9.09. The Hall–Kier alpha value is -3.15. The lowest BCUT2D eigenvalue weighted by molar-refractivity contribution is -0.118. The molecule has 0 aliphatic carbocycles. The second-order valence-electron chi connectivity index (χ2n) is 7.51. The summed E-state index contributed by atoms with van der Waals surface area (Å²) in [6, 6.07) is 15.2. The van der Waals surface area contributed by atoms with Crippen molar-refractivity contribution in [3.05, 3.63) is 65.7 Å². The van der Waals surface area contributed by atoms with E-state index >= 15 is 0 Å². The standard InChI is InChI=1S/C22H26N2O4/c1-15(25)17-10-12-18(13-11-17)23-20(26)19(14-16-8-6-5-7-9-16)24-21(27)28-22(2,3)4/h5-13,19H,14H2,1-4H3,(H,23,26)(H,24,27). The molecule has 0 spiro atoms. The first-order chi connectivity index (χ1) is 13.1. The normalized spacial score (nSPS) is 12.0. The Bertz CT molecular complexity index is 824. The van der Waals surface area contributed by atoms with E-state index in [0.717, 1.165) is 5.56 Å². The van der Waals surface area contributed by atoms with Gasteiger partial charge in [0.15, 0.2) is 5.78 Å². The molecule has 6 heteroatoms. The van der Waals surface area contributed by atoms with Gasteiger partial charge in [0.1, 0.15) is 11.6 Å². The summed E-state index contributed by atoms with van der Waals surface area (Å²) < 4.78 is 5.28. The number of hydrogen-bond donors (Lipinski definition) is 2. The molecule has 2 aromatic carbocycles. The van der Waals surface area contributed by atoms with Crippen molar-refractivity contribution in [2.24, 2.45) is 0 Å².